The van der Waals surface area contributed by atoms with Crippen molar-refractivity contribution in [2.45, 2.75) is 32.0 Å². The van der Waals surface area contributed by atoms with Crippen LogP contribution in [0, 0.1) is 0 Å². The van der Waals surface area contributed by atoms with E-state index in [9.17, 15) is 13.2 Å². The Kier molecular flexibility index (Phi) is 7.36. The maximum Gasteiger partial charge on any atom is 0.389 e. The van der Waals surface area contributed by atoms with Crippen LogP contribution in [0.2, 0.25) is 5.02 Å². The third kappa shape index (κ3) is 8.45. The summed E-state index contributed by atoms with van der Waals surface area (Å²) in [5.74, 6) is 0.567. The van der Waals surface area contributed by atoms with Gasteiger partial charge in [0.1, 0.15) is 0 Å². The van der Waals surface area contributed by atoms with Crippen molar-refractivity contribution in [3.8, 4) is 0 Å². The summed E-state index contributed by atoms with van der Waals surface area (Å²) in [6.45, 7) is 1.02. The summed E-state index contributed by atoms with van der Waals surface area (Å²) < 4.78 is 35.9. The van der Waals surface area contributed by atoms with Crippen LogP contribution in [-0.4, -0.2) is 25.7 Å². The minimum absolute atomic E-state index is 0.116. The number of hydrogen-bond donors (Lipinski definition) is 2. The van der Waals surface area contributed by atoms with Crippen LogP contribution in [0.1, 0.15) is 24.8 Å². The number of hydrogen-bond acceptors (Lipinski definition) is 1. The van der Waals surface area contributed by atoms with Gasteiger partial charge in [0.05, 0.1) is 0 Å². The predicted octanol–water partition coefficient (Wildman–Crippen LogP) is 3.74. The number of aliphatic imine (C=N–C) groups is 1. The summed E-state index contributed by atoms with van der Waals surface area (Å²) in [5.41, 5.74) is 1.04. The molecule has 0 aliphatic rings. The largest absolute Gasteiger partial charge is 0.389 e. The molecule has 0 aromatic heterocycles. The van der Waals surface area contributed by atoms with Gasteiger partial charge in [0, 0.05) is 31.6 Å². The summed E-state index contributed by atoms with van der Waals surface area (Å²) in [5, 5.41) is 6.74. The van der Waals surface area contributed by atoms with Crippen molar-refractivity contribution in [3.63, 3.8) is 0 Å². The van der Waals surface area contributed by atoms with Gasteiger partial charge in [0.2, 0.25) is 0 Å². The third-order valence-electron chi connectivity index (χ3n) is 2.78. The fraction of sp³-hybridized carbons (Fsp3) is 0.500. The number of benzene rings is 1. The Labute approximate surface area is 127 Å². The second-order valence-corrected chi connectivity index (χ2v) is 4.99. The Bertz CT molecular complexity index is 444. The lowest BCUT2D eigenvalue weighted by Crippen LogP contribution is -2.37. The number of rotatable bonds is 6. The zero-order valence-corrected chi connectivity index (χ0v) is 12.6. The lowest BCUT2D eigenvalue weighted by atomic mass is 10.2. The van der Waals surface area contributed by atoms with E-state index in [1.165, 1.54) is 0 Å². The van der Waals surface area contributed by atoms with E-state index in [-0.39, 0.29) is 6.42 Å². The molecule has 118 valence electrons. The molecule has 0 bridgehead atoms. The van der Waals surface area contributed by atoms with E-state index in [0.29, 0.717) is 30.5 Å². The van der Waals surface area contributed by atoms with Crippen molar-refractivity contribution in [1.82, 2.24) is 10.6 Å². The van der Waals surface area contributed by atoms with E-state index in [2.05, 4.69) is 15.6 Å². The molecule has 0 saturated heterocycles. The molecule has 0 unspecified atom stereocenters. The van der Waals surface area contributed by atoms with Crippen molar-refractivity contribution in [3.05, 3.63) is 34.9 Å². The molecule has 0 saturated carbocycles. The van der Waals surface area contributed by atoms with Crippen LogP contribution in [-0.2, 0) is 6.54 Å². The number of nitrogens with one attached hydrogen (secondary N) is 2. The van der Waals surface area contributed by atoms with Gasteiger partial charge in [-0.25, -0.2) is 0 Å². The third-order valence-corrected chi connectivity index (χ3v) is 3.03. The molecule has 0 radical (unpaired) electrons. The minimum Gasteiger partial charge on any atom is -0.356 e. The van der Waals surface area contributed by atoms with E-state index in [1.807, 2.05) is 12.1 Å². The number of guanidine groups is 1. The van der Waals surface area contributed by atoms with E-state index < -0.39 is 12.6 Å². The zero-order chi connectivity index (χ0) is 15.7. The Morgan fingerprint density at radius 3 is 2.38 bits per heavy atom. The fourth-order valence-electron chi connectivity index (χ4n) is 1.67. The van der Waals surface area contributed by atoms with Gasteiger partial charge in [-0.1, -0.05) is 23.7 Å². The van der Waals surface area contributed by atoms with Gasteiger partial charge >= 0.3 is 6.18 Å². The molecule has 0 atom stereocenters. The van der Waals surface area contributed by atoms with E-state index in [4.69, 9.17) is 11.6 Å². The molecule has 0 amide bonds. The number of alkyl halides is 3. The molecular weight excluding hydrogens is 303 g/mol. The highest BCUT2D eigenvalue weighted by molar-refractivity contribution is 6.30. The van der Waals surface area contributed by atoms with Gasteiger partial charge in [-0.05, 0) is 30.5 Å². The molecule has 2 N–H and O–H groups in total. The maximum absolute atomic E-state index is 12.0. The van der Waals surface area contributed by atoms with Crippen LogP contribution in [0.5, 0.6) is 0 Å². The van der Waals surface area contributed by atoms with Crippen LogP contribution in [0.25, 0.3) is 0 Å². The number of nitrogens with zero attached hydrogens (tertiary/aromatic N) is 1. The van der Waals surface area contributed by atoms with Crippen LogP contribution >= 0.6 is 11.6 Å². The van der Waals surface area contributed by atoms with Crippen LogP contribution in [0.3, 0.4) is 0 Å². The van der Waals surface area contributed by atoms with Gasteiger partial charge in [-0.15, -0.1) is 0 Å². The van der Waals surface area contributed by atoms with Gasteiger partial charge in [-0.3, -0.25) is 4.99 Å². The first-order chi connectivity index (χ1) is 9.90. The summed E-state index contributed by atoms with van der Waals surface area (Å²) in [7, 11) is 1.62. The highest BCUT2D eigenvalue weighted by Gasteiger charge is 2.25. The Morgan fingerprint density at radius 1 is 1.14 bits per heavy atom. The van der Waals surface area contributed by atoms with Crippen LogP contribution < -0.4 is 10.6 Å². The molecule has 0 heterocycles. The van der Waals surface area contributed by atoms with Gasteiger partial charge in [0.15, 0.2) is 5.96 Å². The normalized spacial score (nSPS) is 12.3. The molecule has 0 aliphatic carbocycles. The van der Waals surface area contributed by atoms with Crippen molar-refractivity contribution >= 4 is 17.6 Å². The first-order valence-electron chi connectivity index (χ1n) is 6.66. The molecular formula is C14H19ClF3N3. The van der Waals surface area contributed by atoms with Crippen molar-refractivity contribution in [1.29, 1.82) is 0 Å². The molecule has 7 heteroatoms. The highest BCUT2D eigenvalue weighted by Crippen LogP contribution is 2.21. The minimum atomic E-state index is -4.07. The molecule has 0 spiro atoms. The van der Waals surface area contributed by atoms with E-state index in [1.54, 1.807) is 19.2 Å². The molecule has 1 rings (SSSR count). The predicted molar refractivity (Wildman–Crippen MR) is 79.6 cm³/mol. The van der Waals surface area contributed by atoms with Crippen molar-refractivity contribution in [2.24, 2.45) is 4.99 Å². The average molecular weight is 322 g/mol. The van der Waals surface area contributed by atoms with Crippen LogP contribution in [0.4, 0.5) is 13.2 Å². The Hall–Kier alpha value is -1.43. The first kappa shape index (κ1) is 17.6. The van der Waals surface area contributed by atoms with Gasteiger partial charge in [0.25, 0.3) is 0 Å². The van der Waals surface area contributed by atoms with E-state index >= 15 is 0 Å². The Balaban J connectivity index is 2.22. The van der Waals surface area contributed by atoms with E-state index in [0.717, 1.165) is 5.56 Å². The molecule has 1 aromatic rings. The number of halogens is 4. The zero-order valence-electron chi connectivity index (χ0n) is 11.8. The SMILES string of the molecule is CN=C(NCCCCC(F)(F)F)NCc1ccc(Cl)cc1. The lowest BCUT2D eigenvalue weighted by molar-refractivity contribution is -0.135. The van der Waals surface area contributed by atoms with Gasteiger partial charge < -0.3 is 10.6 Å². The summed E-state index contributed by atoms with van der Waals surface area (Å²) in [6.07, 6.45) is -4.26. The topological polar surface area (TPSA) is 36.4 Å². The lowest BCUT2D eigenvalue weighted by Gasteiger charge is -2.12. The summed E-state index contributed by atoms with van der Waals surface area (Å²) in [4.78, 5) is 4.01. The smallest absolute Gasteiger partial charge is 0.356 e. The number of unbranched alkanes of at least 4 members (excludes halogenated alkanes) is 1. The standard InChI is InChI=1S/C14H19ClF3N3/c1-19-13(20-9-3-2-8-14(16,17)18)21-10-11-4-6-12(15)7-5-11/h4-7H,2-3,8-10H2,1H3,(H2,19,20,21). The molecule has 1 aromatic carbocycles. The second-order valence-electron chi connectivity index (χ2n) is 4.55. The monoisotopic (exact) mass is 321 g/mol. The fourth-order valence-corrected chi connectivity index (χ4v) is 1.79. The maximum atomic E-state index is 12.0. The second kappa shape index (κ2) is 8.77. The summed E-state index contributed by atoms with van der Waals surface area (Å²) >= 11 is 5.80. The average Bonchev–Trinajstić information content (AvgIpc) is 2.42. The summed E-state index contributed by atoms with van der Waals surface area (Å²) in [6, 6.07) is 7.38. The van der Waals surface area contributed by atoms with Crippen molar-refractivity contribution < 1.29 is 13.2 Å². The Morgan fingerprint density at radius 2 is 1.81 bits per heavy atom. The molecule has 21 heavy (non-hydrogen) atoms. The van der Waals surface area contributed by atoms with Gasteiger partial charge in [-0.2, -0.15) is 13.2 Å². The molecule has 3 nitrogen and oxygen atoms in total. The van der Waals surface area contributed by atoms with Crippen LogP contribution in [0.15, 0.2) is 29.3 Å². The quantitative estimate of drug-likeness (QED) is 0.476. The highest BCUT2D eigenvalue weighted by atomic mass is 35.5. The molecule has 0 fully saturated rings. The molecule has 0 aliphatic heterocycles. The van der Waals surface area contributed by atoms with Crippen molar-refractivity contribution in [2.75, 3.05) is 13.6 Å². The first-order valence-corrected chi connectivity index (χ1v) is 7.04.